The first-order valence-corrected chi connectivity index (χ1v) is 10.7. The van der Waals surface area contributed by atoms with E-state index < -0.39 is 30.3 Å². The maximum atomic E-state index is 14.8. The van der Waals surface area contributed by atoms with E-state index in [4.69, 9.17) is 15.0 Å². The summed E-state index contributed by atoms with van der Waals surface area (Å²) < 4.78 is 48.1. The largest absolute Gasteiger partial charge is 0.490 e. The van der Waals surface area contributed by atoms with Gasteiger partial charge in [0.2, 0.25) is 5.91 Å². The summed E-state index contributed by atoms with van der Waals surface area (Å²) in [5.74, 6) is -3.88. The van der Waals surface area contributed by atoms with E-state index in [1.54, 1.807) is 16.6 Å². The van der Waals surface area contributed by atoms with Gasteiger partial charge in [-0.05, 0) is 30.7 Å². The number of likely N-dealkylation sites (tertiary alicyclic amines) is 1. The lowest BCUT2D eigenvalue weighted by Crippen LogP contribution is -2.49. The highest BCUT2D eigenvalue weighted by atomic mass is 19.4. The van der Waals surface area contributed by atoms with Crippen molar-refractivity contribution in [1.29, 1.82) is 0 Å². The number of rotatable bonds is 4. The zero-order chi connectivity index (χ0) is 26.8. The summed E-state index contributed by atoms with van der Waals surface area (Å²) in [4.78, 5) is 46.4. The smallest absolute Gasteiger partial charge is 0.480 e. The molecule has 3 heterocycles. The van der Waals surface area contributed by atoms with E-state index in [1.165, 1.54) is 4.90 Å². The molecule has 3 N–H and O–H groups in total. The summed E-state index contributed by atoms with van der Waals surface area (Å²) >= 11 is 0. The van der Waals surface area contributed by atoms with Crippen LogP contribution in [0.5, 0.6) is 0 Å². The number of anilines is 1. The molecule has 4 rings (SSSR count). The number of carbonyl (C=O) groups is 4. The van der Waals surface area contributed by atoms with Crippen LogP contribution in [0.1, 0.15) is 24.3 Å². The number of amides is 3. The van der Waals surface area contributed by atoms with Gasteiger partial charge >= 0.3 is 24.1 Å². The molecular formula is C21H23F4N5O6. The van der Waals surface area contributed by atoms with E-state index >= 15 is 0 Å². The zero-order valence-electron chi connectivity index (χ0n) is 19.0. The first-order chi connectivity index (χ1) is 16.8. The van der Waals surface area contributed by atoms with Crippen molar-refractivity contribution in [2.45, 2.75) is 31.1 Å². The molecule has 15 heteroatoms. The lowest BCUT2D eigenvalue weighted by Gasteiger charge is -2.34. The molecule has 11 nitrogen and oxygen atoms in total. The average molecular weight is 517 g/mol. The van der Waals surface area contributed by atoms with Crippen molar-refractivity contribution in [3.63, 3.8) is 0 Å². The van der Waals surface area contributed by atoms with E-state index in [2.05, 4.69) is 10.4 Å². The molecule has 36 heavy (non-hydrogen) atoms. The Morgan fingerprint density at radius 2 is 1.86 bits per heavy atom. The highest BCUT2D eigenvalue weighted by Crippen LogP contribution is 2.34. The number of piperidine rings is 1. The molecule has 0 radical (unpaired) electrons. The number of aliphatic carboxylic acids is 2. The number of nitrogens with one attached hydrogen (secondary N) is 1. The van der Waals surface area contributed by atoms with Crippen molar-refractivity contribution in [3.8, 4) is 0 Å². The van der Waals surface area contributed by atoms with E-state index in [0.29, 0.717) is 18.8 Å². The van der Waals surface area contributed by atoms with Gasteiger partial charge in [-0.1, -0.05) is 6.07 Å². The summed E-state index contributed by atoms with van der Waals surface area (Å²) in [6.45, 7) is 0.715. The highest BCUT2D eigenvalue weighted by Gasteiger charge is 2.38. The van der Waals surface area contributed by atoms with Crippen LogP contribution in [-0.4, -0.2) is 87.3 Å². The van der Waals surface area contributed by atoms with Crippen LogP contribution >= 0.6 is 0 Å². The second-order valence-electron chi connectivity index (χ2n) is 8.32. The predicted molar refractivity (Wildman–Crippen MR) is 116 cm³/mol. The average Bonchev–Trinajstić information content (AvgIpc) is 3.09. The number of fused-ring (bicyclic) bond motifs is 1. The molecule has 0 spiro atoms. The van der Waals surface area contributed by atoms with Crippen molar-refractivity contribution in [2.24, 2.45) is 7.05 Å². The van der Waals surface area contributed by atoms with Gasteiger partial charge in [0.1, 0.15) is 6.17 Å². The molecule has 3 amide bonds. The number of nitrogens with zero attached hydrogens (tertiary/aromatic N) is 4. The van der Waals surface area contributed by atoms with E-state index in [-0.39, 0.29) is 37.9 Å². The van der Waals surface area contributed by atoms with Gasteiger partial charge in [0.15, 0.2) is 5.82 Å². The summed E-state index contributed by atoms with van der Waals surface area (Å²) in [6, 6.07) is 5.04. The number of carboxylic acid groups (broad SMARTS) is 2. The minimum atomic E-state index is -5.08. The molecule has 2 aliphatic heterocycles. The van der Waals surface area contributed by atoms with E-state index in [0.717, 1.165) is 16.5 Å². The number of hydrogen-bond acceptors (Lipinski definition) is 6. The van der Waals surface area contributed by atoms with Crippen LogP contribution in [0.4, 0.5) is 28.2 Å². The van der Waals surface area contributed by atoms with Crippen molar-refractivity contribution in [2.75, 3.05) is 31.1 Å². The molecule has 0 aliphatic carbocycles. The Balaban J connectivity index is 0.000000454. The fraction of sp³-hybridized carbons (Fsp3) is 0.476. The molecule has 0 saturated carbocycles. The van der Waals surface area contributed by atoms with Crippen molar-refractivity contribution in [1.82, 2.24) is 20.0 Å². The van der Waals surface area contributed by atoms with Gasteiger partial charge < -0.3 is 10.2 Å². The predicted octanol–water partition coefficient (Wildman–Crippen LogP) is 1.86. The lowest BCUT2D eigenvalue weighted by atomic mass is 9.87. The highest BCUT2D eigenvalue weighted by molar-refractivity contribution is 6.08. The molecule has 1 aromatic carbocycles. The van der Waals surface area contributed by atoms with Crippen molar-refractivity contribution < 1.29 is 47.0 Å². The van der Waals surface area contributed by atoms with E-state index in [9.17, 15) is 31.9 Å². The Kier molecular flexibility index (Phi) is 7.81. The molecular weight excluding hydrogens is 494 g/mol. The number of carboxylic acids is 2. The molecule has 2 unspecified atom stereocenters. The first-order valence-electron chi connectivity index (χ1n) is 10.7. The Bertz CT molecular complexity index is 1180. The molecule has 1 aromatic heterocycles. The third-order valence-electron chi connectivity index (χ3n) is 5.82. The van der Waals surface area contributed by atoms with Crippen LogP contribution in [0, 0.1) is 0 Å². The molecule has 2 saturated heterocycles. The number of halogens is 4. The number of urea groups is 1. The van der Waals surface area contributed by atoms with Gasteiger partial charge in [-0.2, -0.15) is 18.3 Å². The fourth-order valence-electron chi connectivity index (χ4n) is 4.13. The number of alkyl halides is 4. The van der Waals surface area contributed by atoms with Crippen LogP contribution in [0.25, 0.3) is 10.9 Å². The van der Waals surface area contributed by atoms with E-state index in [1.807, 2.05) is 18.2 Å². The summed E-state index contributed by atoms with van der Waals surface area (Å²) in [6.07, 6.45) is -5.51. The minimum Gasteiger partial charge on any atom is -0.480 e. The maximum Gasteiger partial charge on any atom is 0.490 e. The monoisotopic (exact) mass is 517 g/mol. The second-order valence-corrected chi connectivity index (χ2v) is 8.32. The zero-order valence-corrected chi connectivity index (χ0v) is 19.0. The normalized spacial score (nSPS) is 21.1. The fourth-order valence-corrected chi connectivity index (χ4v) is 4.13. The molecule has 2 fully saturated rings. The topological polar surface area (TPSA) is 145 Å². The summed E-state index contributed by atoms with van der Waals surface area (Å²) in [5, 5.41) is 23.5. The first kappa shape index (κ1) is 26.8. The van der Waals surface area contributed by atoms with Gasteiger partial charge in [-0.3, -0.25) is 29.4 Å². The molecule has 2 aromatic rings. The third-order valence-corrected chi connectivity index (χ3v) is 5.82. The SMILES string of the molecule is Cn1nc(N2CCC(=O)NC2=O)c2ccc(C3CCN(CC(=O)O)CC3F)cc21.O=C(O)C(F)(F)F. The van der Waals surface area contributed by atoms with Crippen molar-refractivity contribution >= 4 is 40.6 Å². The Hall–Kier alpha value is -3.75. The molecule has 2 aliphatic rings. The van der Waals surface area contributed by atoms with Crippen LogP contribution in [-0.2, 0) is 21.4 Å². The van der Waals surface area contributed by atoms with Crippen LogP contribution < -0.4 is 10.2 Å². The van der Waals surface area contributed by atoms with Crippen LogP contribution in [0.2, 0.25) is 0 Å². The maximum absolute atomic E-state index is 14.8. The van der Waals surface area contributed by atoms with Crippen LogP contribution in [0.15, 0.2) is 18.2 Å². The molecule has 2 atom stereocenters. The minimum absolute atomic E-state index is 0.0909. The van der Waals surface area contributed by atoms with Gasteiger partial charge in [0.25, 0.3) is 0 Å². The molecule has 196 valence electrons. The summed E-state index contributed by atoms with van der Waals surface area (Å²) in [7, 11) is 1.75. The molecule has 0 bridgehead atoms. The number of benzene rings is 1. The Morgan fingerprint density at radius 1 is 1.19 bits per heavy atom. The number of imide groups is 1. The number of carbonyl (C=O) groups excluding carboxylic acids is 2. The van der Waals surface area contributed by atoms with Gasteiger partial charge in [0, 0.05) is 37.9 Å². The quantitative estimate of drug-likeness (QED) is 0.522. The third kappa shape index (κ3) is 6.08. The Morgan fingerprint density at radius 3 is 2.42 bits per heavy atom. The lowest BCUT2D eigenvalue weighted by molar-refractivity contribution is -0.192. The second kappa shape index (κ2) is 10.5. The van der Waals surface area contributed by atoms with Crippen LogP contribution in [0.3, 0.4) is 0 Å². The van der Waals surface area contributed by atoms with Gasteiger partial charge in [-0.25, -0.2) is 14.0 Å². The van der Waals surface area contributed by atoms with Gasteiger partial charge in [0.05, 0.1) is 12.1 Å². The summed E-state index contributed by atoms with van der Waals surface area (Å²) in [5.41, 5.74) is 1.59. The van der Waals surface area contributed by atoms with Gasteiger partial charge in [-0.15, -0.1) is 0 Å². The van der Waals surface area contributed by atoms with Crippen molar-refractivity contribution in [3.05, 3.63) is 23.8 Å². The number of aryl methyl sites for hydroxylation is 1. The standard InChI is InChI=1S/C19H22FN5O4.C2HF3O2/c1-23-15-8-11(12-4-6-24(9-14(12)20)10-17(27)28)2-3-13(15)18(22-23)25-7-5-16(26)21-19(25)29;3-2(4,5)1(6)7/h2-3,8,12,14H,4-7,9-10H2,1H3,(H,27,28)(H,21,26,29);(H,6,7). The number of aromatic nitrogens is 2. The Labute approximate surface area is 201 Å². The number of hydrogen-bond donors (Lipinski definition) is 3.